The van der Waals surface area contributed by atoms with Gasteiger partial charge in [-0.05, 0) is 29.8 Å². The lowest BCUT2D eigenvalue weighted by molar-refractivity contribution is 0.262. The van der Waals surface area contributed by atoms with Crippen LogP contribution in [0.25, 0.3) is 0 Å². The van der Waals surface area contributed by atoms with E-state index in [1.54, 1.807) is 24.7 Å². The first-order valence-corrected chi connectivity index (χ1v) is 7.29. The van der Waals surface area contributed by atoms with Crippen molar-refractivity contribution in [2.24, 2.45) is 0 Å². The number of nitrogens with one attached hydrogen (secondary N) is 3. The van der Waals surface area contributed by atoms with E-state index in [2.05, 4.69) is 32.5 Å². The van der Waals surface area contributed by atoms with E-state index < -0.39 is 0 Å². The van der Waals surface area contributed by atoms with Crippen LogP contribution in [0.15, 0.2) is 61.2 Å². The first-order chi connectivity index (χ1) is 11.2. The van der Waals surface area contributed by atoms with Crippen LogP contribution < -0.4 is 10.6 Å². The molecule has 0 radical (unpaired) electrons. The van der Waals surface area contributed by atoms with Gasteiger partial charge in [-0.2, -0.15) is 0 Å². The molecule has 3 rings (SSSR count). The van der Waals surface area contributed by atoms with E-state index in [9.17, 15) is 4.79 Å². The van der Waals surface area contributed by atoms with Crippen molar-refractivity contribution >= 4 is 17.5 Å². The van der Waals surface area contributed by atoms with Crippen LogP contribution in [0.3, 0.4) is 0 Å². The van der Waals surface area contributed by atoms with Gasteiger partial charge in [0.1, 0.15) is 5.82 Å². The predicted octanol–water partition coefficient (Wildman–Crippen LogP) is 3.60. The van der Waals surface area contributed by atoms with Gasteiger partial charge >= 0.3 is 6.03 Å². The average Bonchev–Trinajstić information content (AvgIpc) is 3.10. The molecule has 6 heteroatoms. The molecule has 6 nitrogen and oxygen atoms in total. The molecule has 0 saturated heterocycles. The minimum atomic E-state index is -0.321. The largest absolute Gasteiger partial charge is 0.348 e. The van der Waals surface area contributed by atoms with Crippen molar-refractivity contribution in [3.63, 3.8) is 0 Å². The van der Waals surface area contributed by atoms with Gasteiger partial charge in [-0.25, -0.2) is 14.8 Å². The number of imidazole rings is 1. The number of amides is 2. The Morgan fingerprint density at radius 2 is 1.96 bits per heavy atom. The van der Waals surface area contributed by atoms with Gasteiger partial charge in [0.2, 0.25) is 0 Å². The fourth-order valence-corrected chi connectivity index (χ4v) is 2.25. The summed E-state index contributed by atoms with van der Waals surface area (Å²) < 4.78 is 0. The number of urea groups is 1. The number of benzene rings is 1. The summed E-state index contributed by atoms with van der Waals surface area (Å²) in [5.74, 6) is 0.725. The van der Waals surface area contributed by atoms with Gasteiger partial charge in [-0.1, -0.05) is 25.1 Å². The van der Waals surface area contributed by atoms with E-state index in [-0.39, 0.29) is 11.9 Å². The normalized spacial score (nSPS) is 11.7. The number of pyridine rings is 1. The van der Waals surface area contributed by atoms with Crippen LogP contribution in [0, 0.1) is 0 Å². The molecule has 3 N–H and O–H groups in total. The van der Waals surface area contributed by atoms with E-state index in [0.29, 0.717) is 5.82 Å². The summed E-state index contributed by atoms with van der Waals surface area (Å²) in [6.07, 6.45) is 5.11. The number of aromatic nitrogens is 3. The SMILES string of the molecule is C[C@@H](c1ccc(NC(=O)Nc2ccccn2)cc1)c1cnc[nH]1. The lowest BCUT2D eigenvalue weighted by atomic mass is 9.98. The van der Waals surface area contributed by atoms with Crippen LogP contribution >= 0.6 is 0 Å². The second-order valence-corrected chi connectivity index (χ2v) is 5.14. The Hall–Kier alpha value is -3.15. The maximum Gasteiger partial charge on any atom is 0.324 e. The highest BCUT2D eigenvalue weighted by Crippen LogP contribution is 2.23. The molecule has 23 heavy (non-hydrogen) atoms. The molecule has 1 atom stereocenters. The third kappa shape index (κ3) is 3.74. The molecule has 0 aliphatic heterocycles. The van der Waals surface area contributed by atoms with Crippen molar-refractivity contribution in [3.8, 4) is 0 Å². The Bertz CT molecular complexity index is 753. The van der Waals surface area contributed by atoms with Gasteiger partial charge in [0.25, 0.3) is 0 Å². The molecule has 116 valence electrons. The first-order valence-electron chi connectivity index (χ1n) is 7.29. The smallest absolute Gasteiger partial charge is 0.324 e. The molecular formula is C17H17N5O. The third-order valence-corrected chi connectivity index (χ3v) is 3.56. The van der Waals surface area contributed by atoms with E-state index >= 15 is 0 Å². The van der Waals surface area contributed by atoms with Crippen LogP contribution in [0.5, 0.6) is 0 Å². The van der Waals surface area contributed by atoms with Crippen LogP contribution in [-0.4, -0.2) is 21.0 Å². The van der Waals surface area contributed by atoms with Gasteiger partial charge in [0.05, 0.1) is 6.33 Å². The minimum Gasteiger partial charge on any atom is -0.348 e. The van der Waals surface area contributed by atoms with Gasteiger partial charge in [0, 0.05) is 29.7 Å². The Balaban J connectivity index is 1.62. The van der Waals surface area contributed by atoms with Gasteiger partial charge < -0.3 is 10.3 Å². The number of carbonyl (C=O) groups is 1. The summed E-state index contributed by atoms with van der Waals surface area (Å²) >= 11 is 0. The van der Waals surface area contributed by atoms with Crippen molar-refractivity contribution in [1.82, 2.24) is 15.0 Å². The van der Waals surface area contributed by atoms with E-state index in [1.807, 2.05) is 36.5 Å². The number of anilines is 2. The molecule has 0 aliphatic carbocycles. The molecule has 2 heterocycles. The van der Waals surface area contributed by atoms with Crippen molar-refractivity contribution in [1.29, 1.82) is 0 Å². The fraction of sp³-hybridized carbons (Fsp3) is 0.118. The summed E-state index contributed by atoms with van der Waals surface area (Å²) in [5, 5.41) is 5.46. The molecule has 1 aromatic carbocycles. The Morgan fingerprint density at radius 3 is 2.61 bits per heavy atom. The zero-order valence-electron chi connectivity index (χ0n) is 12.7. The number of H-pyrrole nitrogens is 1. The first kappa shape index (κ1) is 14.8. The highest BCUT2D eigenvalue weighted by molar-refractivity contribution is 5.99. The monoisotopic (exact) mass is 307 g/mol. The second-order valence-electron chi connectivity index (χ2n) is 5.14. The fourth-order valence-electron chi connectivity index (χ4n) is 2.25. The third-order valence-electron chi connectivity index (χ3n) is 3.56. The quantitative estimate of drug-likeness (QED) is 0.688. The minimum absolute atomic E-state index is 0.217. The number of aromatic amines is 1. The second kappa shape index (κ2) is 6.74. The molecule has 0 spiro atoms. The molecule has 0 unspecified atom stereocenters. The van der Waals surface area contributed by atoms with Crippen LogP contribution in [0.1, 0.15) is 24.1 Å². The summed E-state index contributed by atoms with van der Waals surface area (Å²) in [7, 11) is 0. The van der Waals surface area contributed by atoms with Gasteiger partial charge in [-0.3, -0.25) is 5.32 Å². The number of nitrogens with zero attached hydrogens (tertiary/aromatic N) is 2. The van der Waals surface area contributed by atoms with Crippen molar-refractivity contribution in [3.05, 3.63) is 72.4 Å². The molecule has 2 amide bonds. The van der Waals surface area contributed by atoms with Gasteiger partial charge in [0.15, 0.2) is 0 Å². The zero-order valence-corrected chi connectivity index (χ0v) is 12.7. The Morgan fingerprint density at radius 1 is 1.13 bits per heavy atom. The summed E-state index contributed by atoms with van der Waals surface area (Å²) in [6.45, 7) is 2.10. The highest BCUT2D eigenvalue weighted by Gasteiger charge is 2.10. The van der Waals surface area contributed by atoms with E-state index in [0.717, 1.165) is 16.9 Å². The summed E-state index contributed by atoms with van der Waals surface area (Å²) in [6, 6.07) is 12.7. The number of carbonyl (C=O) groups excluding carboxylic acids is 1. The molecule has 0 bridgehead atoms. The number of hydrogen-bond acceptors (Lipinski definition) is 3. The van der Waals surface area contributed by atoms with Crippen molar-refractivity contribution in [2.75, 3.05) is 10.6 Å². The van der Waals surface area contributed by atoms with Crippen molar-refractivity contribution in [2.45, 2.75) is 12.8 Å². The van der Waals surface area contributed by atoms with Crippen LogP contribution in [-0.2, 0) is 0 Å². The summed E-state index contributed by atoms with van der Waals surface area (Å²) in [4.78, 5) is 23.1. The Kier molecular flexibility index (Phi) is 4.33. The lowest BCUT2D eigenvalue weighted by Crippen LogP contribution is -2.19. The summed E-state index contributed by atoms with van der Waals surface area (Å²) in [5.41, 5.74) is 2.92. The predicted molar refractivity (Wildman–Crippen MR) is 89.4 cm³/mol. The molecule has 0 aliphatic rings. The van der Waals surface area contributed by atoms with Crippen LogP contribution in [0.2, 0.25) is 0 Å². The molecule has 0 saturated carbocycles. The molecule has 2 aromatic heterocycles. The van der Waals surface area contributed by atoms with Crippen molar-refractivity contribution < 1.29 is 4.79 Å². The lowest BCUT2D eigenvalue weighted by Gasteiger charge is -2.11. The standard InChI is InChI=1S/C17H17N5O/c1-12(15-10-18-11-20-15)13-5-7-14(8-6-13)21-17(23)22-16-4-2-3-9-19-16/h2-12H,1H3,(H,18,20)(H2,19,21,22,23)/t12-/m0/s1. The van der Waals surface area contributed by atoms with E-state index in [4.69, 9.17) is 0 Å². The molecular weight excluding hydrogens is 290 g/mol. The zero-order chi connectivity index (χ0) is 16.1. The van der Waals surface area contributed by atoms with Gasteiger partial charge in [-0.15, -0.1) is 0 Å². The number of hydrogen-bond donors (Lipinski definition) is 3. The average molecular weight is 307 g/mol. The molecule has 3 aromatic rings. The highest BCUT2D eigenvalue weighted by atomic mass is 16.2. The number of rotatable bonds is 4. The maximum atomic E-state index is 11.9. The topological polar surface area (TPSA) is 82.7 Å². The molecule has 0 fully saturated rings. The van der Waals surface area contributed by atoms with Crippen LogP contribution in [0.4, 0.5) is 16.3 Å². The van der Waals surface area contributed by atoms with E-state index in [1.165, 1.54) is 0 Å². The maximum absolute atomic E-state index is 11.9. The Labute approximate surface area is 134 Å².